The van der Waals surface area contributed by atoms with Crippen LogP contribution in [0.3, 0.4) is 0 Å². The molecule has 2 aromatic rings. The smallest absolute Gasteiger partial charge is 0.153 e. The summed E-state index contributed by atoms with van der Waals surface area (Å²) in [5.41, 5.74) is 3.18. The van der Waals surface area contributed by atoms with Crippen molar-refractivity contribution in [2.45, 2.75) is 36.4 Å². The standard InChI is InChI=1S/C12H13N3O4S/c1-11(17)8(19-9-7(16)12(9,11)18)6-5-4(2-20-6)10(13)15-3-14-5/h2-3,7-9,16-18H,1H3,(H2,13,14,15). The lowest BCUT2D eigenvalue weighted by Gasteiger charge is -2.30. The molecular weight excluding hydrogens is 282 g/mol. The first kappa shape index (κ1) is 12.4. The molecular formula is C12H13N3O4S. The summed E-state index contributed by atoms with van der Waals surface area (Å²) in [6.07, 6.45) is -1.22. The fourth-order valence-corrected chi connectivity index (χ4v) is 4.14. The molecule has 106 valence electrons. The highest BCUT2D eigenvalue weighted by atomic mass is 32.1. The second kappa shape index (κ2) is 3.46. The van der Waals surface area contributed by atoms with E-state index in [4.69, 9.17) is 10.5 Å². The van der Waals surface area contributed by atoms with Crippen LogP contribution in [0.25, 0.3) is 10.9 Å². The number of nitrogens with two attached hydrogens (primary N) is 1. The van der Waals surface area contributed by atoms with E-state index in [1.165, 1.54) is 24.6 Å². The lowest BCUT2D eigenvalue weighted by atomic mass is 9.90. The zero-order valence-corrected chi connectivity index (χ0v) is 11.3. The van der Waals surface area contributed by atoms with E-state index in [1.807, 2.05) is 0 Å². The molecule has 4 rings (SSSR count). The fourth-order valence-electron chi connectivity index (χ4n) is 2.98. The number of rotatable bonds is 1. The van der Waals surface area contributed by atoms with Crippen molar-refractivity contribution >= 4 is 28.1 Å². The van der Waals surface area contributed by atoms with Gasteiger partial charge in [-0.1, -0.05) is 0 Å². The van der Waals surface area contributed by atoms with Crippen LogP contribution >= 0.6 is 11.3 Å². The van der Waals surface area contributed by atoms with E-state index < -0.39 is 29.5 Å². The van der Waals surface area contributed by atoms with Crippen LogP contribution < -0.4 is 5.73 Å². The van der Waals surface area contributed by atoms with Crippen LogP contribution in [0.2, 0.25) is 0 Å². The number of nitrogens with zero attached hydrogens (tertiary/aromatic N) is 2. The Morgan fingerprint density at radius 3 is 2.80 bits per heavy atom. The molecule has 5 unspecified atom stereocenters. The van der Waals surface area contributed by atoms with Gasteiger partial charge in [-0.25, -0.2) is 9.97 Å². The molecule has 1 aliphatic carbocycles. The van der Waals surface area contributed by atoms with Gasteiger partial charge in [0.15, 0.2) is 5.60 Å². The molecule has 1 aliphatic heterocycles. The van der Waals surface area contributed by atoms with Crippen molar-refractivity contribution in [2.75, 3.05) is 5.73 Å². The minimum absolute atomic E-state index is 0.360. The van der Waals surface area contributed by atoms with E-state index in [9.17, 15) is 15.3 Å². The maximum absolute atomic E-state index is 10.6. The predicted molar refractivity (Wildman–Crippen MR) is 71.0 cm³/mol. The summed E-state index contributed by atoms with van der Waals surface area (Å²) >= 11 is 1.34. The third-order valence-corrected chi connectivity index (χ3v) is 5.37. The second-order valence-electron chi connectivity index (χ2n) is 5.48. The number of aliphatic hydroxyl groups is 3. The zero-order chi connectivity index (χ0) is 14.3. The Balaban J connectivity index is 1.84. The Morgan fingerprint density at radius 1 is 1.40 bits per heavy atom. The van der Waals surface area contributed by atoms with Crippen LogP contribution in [0.1, 0.15) is 17.9 Å². The van der Waals surface area contributed by atoms with Crippen LogP contribution in [-0.4, -0.2) is 48.7 Å². The average molecular weight is 295 g/mol. The van der Waals surface area contributed by atoms with Crippen LogP contribution in [0.4, 0.5) is 5.82 Å². The summed E-state index contributed by atoms with van der Waals surface area (Å²) in [6, 6.07) is 0. The Hall–Kier alpha value is -1.32. The number of anilines is 1. The lowest BCUT2D eigenvalue weighted by molar-refractivity contribution is -0.132. The summed E-state index contributed by atoms with van der Waals surface area (Å²) in [6.45, 7) is 1.46. The lowest BCUT2D eigenvalue weighted by Crippen LogP contribution is -2.46. The fraction of sp³-hybridized carbons (Fsp3) is 0.500. The van der Waals surface area contributed by atoms with Gasteiger partial charge in [0.1, 0.15) is 36.1 Å². The highest BCUT2D eigenvalue weighted by Gasteiger charge is 2.81. The van der Waals surface area contributed by atoms with Crippen molar-refractivity contribution in [3.05, 3.63) is 16.6 Å². The van der Waals surface area contributed by atoms with Gasteiger partial charge in [0.05, 0.1) is 15.8 Å². The van der Waals surface area contributed by atoms with Gasteiger partial charge >= 0.3 is 0 Å². The van der Waals surface area contributed by atoms with Crippen molar-refractivity contribution in [2.24, 2.45) is 0 Å². The molecule has 1 saturated carbocycles. The summed E-state index contributed by atoms with van der Waals surface area (Å²) in [4.78, 5) is 8.76. The molecule has 5 N–H and O–H groups in total. The topological polar surface area (TPSA) is 122 Å². The first-order chi connectivity index (χ1) is 9.39. The van der Waals surface area contributed by atoms with Gasteiger partial charge in [0, 0.05) is 5.38 Å². The molecule has 2 aromatic heterocycles. The molecule has 0 bridgehead atoms. The van der Waals surface area contributed by atoms with E-state index in [-0.39, 0.29) is 0 Å². The van der Waals surface area contributed by atoms with Crippen molar-refractivity contribution in [1.29, 1.82) is 0 Å². The van der Waals surface area contributed by atoms with Crippen LogP contribution in [0, 0.1) is 0 Å². The summed E-state index contributed by atoms with van der Waals surface area (Å²) in [5.74, 6) is 0.360. The molecule has 0 radical (unpaired) electrons. The number of hydrogen-bond donors (Lipinski definition) is 4. The third kappa shape index (κ3) is 1.19. The first-order valence-corrected chi connectivity index (χ1v) is 7.03. The highest BCUT2D eigenvalue weighted by molar-refractivity contribution is 7.11. The van der Waals surface area contributed by atoms with Crippen molar-refractivity contribution in [3.8, 4) is 0 Å². The maximum Gasteiger partial charge on any atom is 0.153 e. The number of aliphatic hydroxyl groups excluding tert-OH is 1. The van der Waals surface area contributed by atoms with Gasteiger partial charge < -0.3 is 25.8 Å². The van der Waals surface area contributed by atoms with Gasteiger partial charge in [-0.05, 0) is 6.92 Å². The molecule has 7 nitrogen and oxygen atoms in total. The molecule has 2 aliphatic rings. The van der Waals surface area contributed by atoms with Crippen LogP contribution in [0.5, 0.6) is 0 Å². The quantitative estimate of drug-likeness (QED) is 0.563. The van der Waals surface area contributed by atoms with Crippen LogP contribution in [-0.2, 0) is 4.74 Å². The van der Waals surface area contributed by atoms with Crippen LogP contribution in [0.15, 0.2) is 11.7 Å². The third-order valence-electron chi connectivity index (χ3n) is 4.36. The average Bonchev–Trinajstić information content (AvgIpc) is 2.75. The summed E-state index contributed by atoms with van der Waals surface area (Å²) in [7, 11) is 0. The second-order valence-corrected chi connectivity index (χ2v) is 6.39. The van der Waals surface area contributed by atoms with Gasteiger partial charge in [0.25, 0.3) is 0 Å². The molecule has 0 aromatic carbocycles. The molecule has 8 heteroatoms. The summed E-state index contributed by atoms with van der Waals surface area (Å²) < 4.78 is 5.62. The van der Waals surface area contributed by atoms with Crippen molar-refractivity contribution in [3.63, 3.8) is 0 Å². The maximum atomic E-state index is 10.6. The van der Waals surface area contributed by atoms with Gasteiger partial charge in [-0.3, -0.25) is 0 Å². The minimum Gasteiger partial charge on any atom is -0.387 e. The molecule has 0 spiro atoms. The van der Waals surface area contributed by atoms with E-state index >= 15 is 0 Å². The molecule has 0 amide bonds. The van der Waals surface area contributed by atoms with E-state index in [0.29, 0.717) is 21.6 Å². The monoisotopic (exact) mass is 295 g/mol. The van der Waals surface area contributed by atoms with Crippen molar-refractivity contribution < 1.29 is 20.1 Å². The Bertz CT molecular complexity index is 718. The molecule has 5 atom stereocenters. The Labute approximate surface area is 117 Å². The van der Waals surface area contributed by atoms with E-state index in [2.05, 4.69) is 9.97 Å². The largest absolute Gasteiger partial charge is 0.387 e. The SMILES string of the molecule is CC1(O)C(c2scc3c(N)ncnc23)OC2C(O)C21O. The molecule has 20 heavy (non-hydrogen) atoms. The number of thiophene rings is 1. The van der Waals surface area contributed by atoms with Gasteiger partial charge in [-0.2, -0.15) is 0 Å². The number of aromatic nitrogens is 2. The predicted octanol–water partition coefficient (Wildman–Crippen LogP) is -0.430. The van der Waals surface area contributed by atoms with Gasteiger partial charge in [0.2, 0.25) is 0 Å². The Kier molecular flexibility index (Phi) is 2.15. The first-order valence-electron chi connectivity index (χ1n) is 6.15. The number of ether oxygens (including phenoxy) is 1. The molecule has 2 fully saturated rings. The normalized spacial score (nSPS) is 42.9. The molecule has 1 saturated heterocycles. The minimum atomic E-state index is -1.62. The Morgan fingerprint density at radius 2 is 2.15 bits per heavy atom. The van der Waals surface area contributed by atoms with E-state index in [0.717, 1.165) is 0 Å². The number of fused-ring (bicyclic) bond motifs is 2. The number of nitrogen functional groups attached to an aromatic ring is 1. The molecule has 3 heterocycles. The van der Waals surface area contributed by atoms with Crippen molar-refractivity contribution in [1.82, 2.24) is 9.97 Å². The summed E-state index contributed by atoms with van der Waals surface area (Å²) in [5, 5.41) is 33.0. The highest BCUT2D eigenvalue weighted by Crippen LogP contribution is 2.61. The number of hydrogen-bond acceptors (Lipinski definition) is 8. The zero-order valence-electron chi connectivity index (χ0n) is 10.5. The van der Waals surface area contributed by atoms with Gasteiger partial charge in [-0.15, -0.1) is 11.3 Å². The van der Waals surface area contributed by atoms with E-state index in [1.54, 1.807) is 5.38 Å².